The van der Waals surface area contributed by atoms with E-state index in [2.05, 4.69) is 15.4 Å². The quantitative estimate of drug-likeness (QED) is 0.906. The number of thiazole rings is 1. The van der Waals surface area contributed by atoms with Gasteiger partial charge in [0.2, 0.25) is 5.91 Å². The van der Waals surface area contributed by atoms with E-state index in [-0.39, 0.29) is 17.5 Å². The molecule has 2 aromatic heterocycles. The largest absolute Gasteiger partial charge is 0.476 e. The predicted molar refractivity (Wildman–Crippen MR) is 78.7 cm³/mol. The molecule has 1 aliphatic rings. The number of anilines is 1. The molecule has 0 unspecified atom stereocenters. The van der Waals surface area contributed by atoms with Gasteiger partial charge in [-0.1, -0.05) is 11.3 Å². The maximum atomic E-state index is 11.8. The van der Waals surface area contributed by atoms with Crippen LogP contribution >= 0.6 is 11.3 Å². The Labute approximate surface area is 125 Å². The van der Waals surface area contributed by atoms with Crippen LogP contribution in [0.3, 0.4) is 0 Å². The zero-order valence-corrected chi connectivity index (χ0v) is 12.8. The number of carboxylic acids is 1. The average molecular weight is 308 g/mol. The zero-order valence-electron chi connectivity index (χ0n) is 12.0. The summed E-state index contributed by atoms with van der Waals surface area (Å²) >= 11 is 1.16. The van der Waals surface area contributed by atoms with Crippen LogP contribution in [0.4, 0.5) is 5.13 Å². The van der Waals surface area contributed by atoms with Crippen LogP contribution in [0.25, 0.3) is 10.3 Å². The maximum absolute atomic E-state index is 11.8. The van der Waals surface area contributed by atoms with E-state index in [9.17, 15) is 14.7 Å². The van der Waals surface area contributed by atoms with Crippen LogP contribution in [0.15, 0.2) is 0 Å². The fourth-order valence-electron chi connectivity index (χ4n) is 2.02. The minimum absolute atomic E-state index is 0.0238. The van der Waals surface area contributed by atoms with Crippen molar-refractivity contribution in [3.63, 3.8) is 0 Å². The summed E-state index contributed by atoms with van der Waals surface area (Å²) in [7, 11) is 0. The molecular weight excluding hydrogens is 292 g/mol. The van der Waals surface area contributed by atoms with E-state index in [0.29, 0.717) is 15.5 Å². The van der Waals surface area contributed by atoms with Gasteiger partial charge < -0.3 is 10.4 Å². The number of carbonyl (C=O) groups excluding carboxylic acids is 1. The lowest BCUT2D eigenvalue weighted by Gasteiger charge is -2.19. The third-order valence-corrected chi connectivity index (χ3v) is 4.21. The summed E-state index contributed by atoms with van der Waals surface area (Å²) in [5.41, 5.74) is 0.0815. The number of hydrogen-bond acceptors (Lipinski definition) is 5. The number of amides is 1. The van der Waals surface area contributed by atoms with Gasteiger partial charge in [0.15, 0.2) is 16.5 Å². The number of aromatic nitrogens is 3. The summed E-state index contributed by atoms with van der Waals surface area (Å²) in [6, 6.07) is 0. The predicted octanol–water partition coefficient (Wildman–Crippen LogP) is 2.29. The Bertz CT molecular complexity index is 736. The standard InChI is InChI=1S/C13H16N4O3S/c1-13(2,3)17-9-8(7(16-17)11(19)20)21-12(14-9)15-10(18)6-4-5-6/h6H,4-5H2,1-3H3,(H,19,20)(H,14,15,18). The molecule has 3 rings (SSSR count). The number of carboxylic acid groups (broad SMARTS) is 1. The van der Waals surface area contributed by atoms with E-state index in [1.54, 1.807) is 4.68 Å². The van der Waals surface area contributed by atoms with Crippen molar-refractivity contribution in [3.05, 3.63) is 5.69 Å². The van der Waals surface area contributed by atoms with E-state index in [4.69, 9.17) is 0 Å². The van der Waals surface area contributed by atoms with E-state index >= 15 is 0 Å². The number of hydrogen-bond donors (Lipinski definition) is 2. The van der Waals surface area contributed by atoms with Gasteiger partial charge >= 0.3 is 5.97 Å². The van der Waals surface area contributed by atoms with Crippen molar-refractivity contribution in [1.29, 1.82) is 0 Å². The Balaban J connectivity index is 2.06. The highest BCUT2D eigenvalue weighted by Gasteiger charge is 2.31. The van der Waals surface area contributed by atoms with Crippen molar-refractivity contribution in [3.8, 4) is 0 Å². The second kappa shape index (κ2) is 4.52. The number of rotatable bonds is 3. The van der Waals surface area contributed by atoms with Crippen LogP contribution in [0, 0.1) is 5.92 Å². The lowest BCUT2D eigenvalue weighted by atomic mass is 10.1. The number of carbonyl (C=O) groups is 2. The second-order valence-corrected chi connectivity index (χ2v) is 7.17. The third kappa shape index (κ3) is 2.51. The molecule has 0 aromatic carbocycles. The summed E-state index contributed by atoms with van der Waals surface area (Å²) < 4.78 is 2.08. The minimum atomic E-state index is -1.09. The molecule has 2 heterocycles. The molecule has 0 radical (unpaired) electrons. The zero-order chi connectivity index (χ0) is 15.4. The molecule has 0 bridgehead atoms. The van der Waals surface area contributed by atoms with Crippen molar-refractivity contribution in [1.82, 2.24) is 14.8 Å². The molecule has 1 aliphatic carbocycles. The van der Waals surface area contributed by atoms with Crippen LogP contribution in [-0.4, -0.2) is 31.7 Å². The molecule has 0 saturated heterocycles. The van der Waals surface area contributed by atoms with Crippen LogP contribution < -0.4 is 5.32 Å². The monoisotopic (exact) mass is 308 g/mol. The summed E-state index contributed by atoms with van der Waals surface area (Å²) in [6.07, 6.45) is 1.82. The van der Waals surface area contributed by atoms with Gasteiger partial charge in [0.1, 0.15) is 4.70 Å². The summed E-state index contributed by atoms with van der Waals surface area (Å²) in [5.74, 6) is -1.06. The number of aromatic carboxylic acids is 1. The van der Waals surface area contributed by atoms with Crippen molar-refractivity contribution in [2.24, 2.45) is 5.92 Å². The molecule has 21 heavy (non-hydrogen) atoms. The van der Waals surface area contributed by atoms with Gasteiger partial charge in [-0.15, -0.1) is 0 Å². The molecule has 0 atom stereocenters. The maximum Gasteiger partial charge on any atom is 0.357 e. The van der Waals surface area contributed by atoms with Crippen LogP contribution in [0.5, 0.6) is 0 Å². The summed E-state index contributed by atoms with van der Waals surface area (Å²) in [6.45, 7) is 5.77. The molecule has 8 heteroatoms. The fourth-order valence-corrected chi connectivity index (χ4v) is 2.94. The van der Waals surface area contributed by atoms with Crippen molar-refractivity contribution in [2.75, 3.05) is 5.32 Å². The Morgan fingerprint density at radius 3 is 2.57 bits per heavy atom. The molecule has 112 valence electrons. The Kier molecular flexibility index (Phi) is 3.01. The first-order valence-electron chi connectivity index (χ1n) is 6.71. The second-order valence-electron chi connectivity index (χ2n) is 6.17. The molecule has 7 nitrogen and oxygen atoms in total. The third-order valence-electron chi connectivity index (χ3n) is 3.24. The molecule has 2 N–H and O–H groups in total. The van der Waals surface area contributed by atoms with Gasteiger partial charge in [0.05, 0.1) is 5.54 Å². The molecule has 0 spiro atoms. The fraction of sp³-hybridized carbons (Fsp3) is 0.538. The minimum Gasteiger partial charge on any atom is -0.476 e. The van der Waals surface area contributed by atoms with Gasteiger partial charge in [0.25, 0.3) is 0 Å². The van der Waals surface area contributed by atoms with Gasteiger partial charge in [-0.3, -0.25) is 4.79 Å². The van der Waals surface area contributed by atoms with E-state index < -0.39 is 11.5 Å². The van der Waals surface area contributed by atoms with Gasteiger partial charge in [-0.2, -0.15) is 10.1 Å². The van der Waals surface area contributed by atoms with Crippen LogP contribution in [0.1, 0.15) is 44.1 Å². The lowest BCUT2D eigenvalue weighted by molar-refractivity contribution is -0.117. The van der Waals surface area contributed by atoms with E-state index in [1.807, 2.05) is 20.8 Å². The number of nitrogens with zero attached hydrogens (tertiary/aromatic N) is 3. The normalized spacial score (nSPS) is 15.4. The highest BCUT2D eigenvalue weighted by molar-refractivity contribution is 7.22. The molecule has 1 saturated carbocycles. The highest BCUT2D eigenvalue weighted by atomic mass is 32.1. The van der Waals surface area contributed by atoms with Crippen molar-refractivity contribution >= 4 is 38.7 Å². The molecule has 2 aromatic rings. The van der Waals surface area contributed by atoms with Crippen LogP contribution in [-0.2, 0) is 10.3 Å². The SMILES string of the molecule is CC(C)(C)n1nc(C(=O)O)c2sc(NC(=O)C3CC3)nc21. The van der Waals surface area contributed by atoms with Gasteiger partial charge in [-0.25, -0.2) is 9.48 Å². The lowest BCUT2D eigenvalue weighted by Crippen LogP contribution is -2.24. The number of nitrogens with one attached hydrogen (secondary N) is 1. The van der Waals surface area contributed by atoms with E-state index in [0.717, 1.165) is 24.2 Å². The smallest absolute Gasteiger partial charge is 0.357 e. The average Bonchev–Trinajstić information content (AvgIpc) is 3.02. The number of fused-ring (bicyclic) bond motifs is 1. The first-order chi connectivity index (χ1) is 9.77. The highest BCUT2D eigenvalue weighted by Crippen LogP contribution is 2.34. The van der Waals surface area contributed by atoms with Crippen molar-refractivity contribution in [2.45, 2.75) is 39.2 Å². The molecule has 1 amide bonds. The first-order valence-corrected chi connectivity index (χ1v) is 7.53. The molecule has 0 aliphatic heterocycles. The molecular formula is C13H16N4O3S. The topological polar surface area (TPSA) is 97.1 Å². The Morgan fingerprint density at radius 1 is 1.38 bits per heavy atom. The summed E-state index contributed by atoms with van der Waals surface area (Å²) in [5, 5.41) is 16.6. The van der Waals surface area contributed by atoms with E-state index in [1.165, 1.54) is 0 Å². The van der Waals surface area contributed by atoms with Crippen molar-refractivity contribution < 1.29 is 14.7 Å². The van der Waals surface area contributed by atoms with Crippen LogP contribution in [0.2, 0.25) is 0 Å². The van der Waals surface area contributed by atoms with Gasteiger partial charge in [0, 0.05) is 5.92 Å². The van der Waals surface area contributed by atoms with Gasteiger partial charge in [-0.05, 0) is 33.6 Å². The first kappa shape index (κ1) is 14.0. The molecule has 1 fully saturated rings. The summed E-state index contributed by atoms with van der Waals surface area (Å²) in [4.78, 5) is 27.5. The Hall–Kier alpha value is -1.96. The Morgan fingerprint density at radius 2 is 2.05 bits per heavy atom.